The van der Waals surface area contributed by atoms with Gasteiger partial charge in [0.05, 0.1) is 5.92 Å². The number of carboxylic acids is 1. The molecular formula is C10H11ClO2. The van der Waals surface area contributed by atoms with E-state index >= 15 is 0 Å². The van der Waals surface area contributed by atoms with Gasteiger partial charge in [-0.1, -0.05) is 30.7 Å². The van der Waals surface area contributed by atoms with Crippen LogP contribution in [0.25, 0.3) is 0 Å². The zero-order chi connectivity index (χ0) is 9.84. The van der Waals surface area contributed by atoms with Gasteiger partial charge in [-0.05, 0) is 24.1 Å². The van der Waals surface area contributed by atoms with Crippen LogP contribution in [0.4, 0.5) is 0 Å². The smallest absolute Gasteiger partial charge is 0.306 e. The van der Waals surface area contributed by atoms with Crippen LogP contribution < -0.4 is 0 Å². The molecule has 1 aromatic rings. The quantitative estimate of drug-likeness (QED) is 0.811. The molecule has 0 amide bonds. The second-order valence-electron chi connectivity index (χ2n) is 3.07. The topological polar surface area (TPSA) is 37.3 Å². The van der Waals surface area contributed by atoms with Gasteiger partial charge in [0, 0.05) is 5.02 Å². The zero-order valence-corrected chi connectivity index (χ0v) is 8.08. The van der Waals surface area contributed by atoms with Crippen molar-refractivity contribution in [2.24, 2.45) is 5.92 Å². The van der Waals surface area contributed by atoms with Crippen LogP contribution in [-0.2, 0) is 11.2 Å². The van der Waals surface area contributed by atoms with Gasteiger partial charge in [-0.3, -0.25) is 4.79 Å². The van der Waals surface area contributed by atoms with Crippen molar-refractivity contribution in [3.63, 3.8) is 0 Å². The van der Waals surface area contributed by atoms with Crippen LogP contribution in [0.5, 0.6) is 0 Å². The standard InChI is InChI=1S/C10H11ClO2/c1-7(10(12)13)5-8-3-2-4-9(11)6-8/h2-4,6-7H,5H2,1H3,(H,12,13)/t7-/m1/s1. The molecule has 0 aromatic heterocycles. The molecule has 0 fully saturated rings. The van der Waals surface area contributed by atoms with Crippen molar-refractivity contribution >= 4 is 17.6 Å². The van der Waals surface area contributed by atoms with Gasteiger partial charge in [0.1, 0.15) is 0 Å². The molecule has 1 N–H and O–H groups in total. The van der Waals surface area contributed by atoms with Gasteiger partial charge in [0.15, 0.2) is 0 Å². The lowest BCUT2D eigenvalue weighted by Crippen LogP contribution is -2.12. The number of aliphatic carboxylic acids is 1. The molecule has 1 atom stereocenters. The average Bonchev–Trinajstić information content (AvgIpc) is 2.04. The summed E-state index contributed by atoms with van der Waals surface area (Å²) in [6, 6.07) is 7.27. The molecular weight excluding hydrogens is 188 g/mol. The van der Waals surface area contributed by atoms with Crippen LogP contribution in [-0.4, -0.2) is 11.1 Å². The lowest BCUT2D eigenvalue weighted by atomic mass is 10.0. The first-order valence-corrected chi connectivity index (χ1v) is 4.44. The summed E-state index contributed by atoms with van der Waals surface area (Å²) < 4.78 is 0. The summed E-state index contributed by atoms with van der Waals surface area (Å²) in [5.74, 6) is -1.14. The molecule has 0 aliphatic heterocycles. The van der Waals surface area contributed by atoms with Gasteiger partial charge in [0.2, 0.25) is 0 Å². The van der Waals surface area contributed by atoms with E-state index in [0.29, 0.717) is 11.4 Å². The fourth-order valence-electron chi connectivity index (χ4n) is 1.10. The van der Waals surface area contributed by atoms with Crippen LogP contribution in [0.15, 0.2) is 24.3 Å². The highest BCUT2D eigenvalue weighted by Gasteiger charge is 2.11. The molecule has 1 rings (SSSR count). The Morgan fingerprint density at radius 2 is 2.31 bits per heavy atom. The molecule has 0 aliphatic carbocycles. The zero-order valence-electron chi connectivity index (χ0n) is 7.33. The van der Waals surface area contributed by atoms with E-state index in [9.17, 15) is 4.79 Å². The Balaban J connectivity index is 2.69. The van der Waals surface area contributed by atoms with Crippen LogP contribution in [0, 0.1) is 5.92 Å². The molecule has 3 heteroatoms. The predicted octanol–water partition coefficient (Wildman–Crippen LogP) is 2.60. The Kier molecular flexibility index (Phi) is 3.32. The lowest BCUT2D eigenvalue weighted by Gasteiger charge is -2.05. The van der Waals surface area contributed by atoms with Gasteiger partial charge in [0.25, 0.3) is 0 Å². The van der Waals surface area contributed by atoms with Crippen molar-refractivity contribution in [1.29, 1.82) is 0 Å². The maximum absolute atomic E-state index is 10.6. The summed E-state index contributed by atoms with van der Waals surface area (Å²) >= 11 is 5.76. The monoisotopic (exact) mass is 198 g/mol. The highest BCUT2D eigenvalue weighted by molar-refractivity contribution is 6.30. The van der Waals surface area contributed by atoms with E-state index in [1.54, 1.807) is 19.1 Å². The van der Waals surface area contributed by atoms with Crippen molar-refractivity contribution in [3.8, 4) is 0 Å². The summed E-state index contributed by atoms with van der Waals surface area (Å²) in [4.78, 5) is 10.6. The Morgan fingerprint density at radius 3 is 2.85 bits per heavy atom. The van der Waals surface area contributed by atoms with E-state index in [-0.39, 0.29) is 5.92 Å². The van der Waals surface area contributed by atoms with Crippen molar-refractivity contribution in [2.45, 2.75) is 13.3 Å². The minimum atomic E-state index is -0.778. The largest absolute Gasteiger partial charge is 0.481 e. The molecule has 13 heavy (non-hydrogen) atoms. The maximum Gasteiger partial charge on any atom is 0.306 e. The number of rotatable bonds is 3. The van der Waals surface area contributed by atoms with E-state index in [1.165, 1.54) is 0 Å². The van der Waals surface area contributed by atoms with Gasteiger partial charge in [-0.25, -0.2) is 0 Å². The normalized spacial score (nSPS) is 12.5. The number of hydrogen-bond donors (Lipinski definition) is 1. The third kappa shape index (κ3) is 3.07. The van der Waals surface area contributed by atoms with Crippen molar-refractivity contribution < 1.29 is 9.90 Å². The molecule has 0 saturated carbocycles. The first-order valence-electron chi connectivity index (χ1n) is 4.07. The van der Waals surface area contributed by atoms with Crippen molar-refractivity contribution in [2.75, 3.05) is 0 Å². The molecule has 0 radical (unpaired) electrons. The predicted molar refractivity (Wildman–Crippen MR) is 52.0 cm³/mol. The first kappa shape index (κ1) is 10.1. The van der Waals surface area contributed by atoms with Gasteiger partial charge < -0.3 is 5.11 Å². The molecule has 70 valence electrons. The minimum absolute atomic E-state index is 0.363. The van der Waals surface area contributed by atoms with Gasteiger partial charge in [-0.15, -0.1) is 0 Å². The highest BCUT2D eigenvalue weighted by atomic mass is 35.5. The minimum Gasteiger partial charge on any atom is -0.481 e. The Bertz CT molecular complexity index is 310. The molecule has 2 nitrogen and oxygen atoms in total. The van der Waals surface area contributed by atoms with Crippen LogP contribution in [0.1, 0.15) is 12.5 Å². The van der Waals surface area contributed by atoms with E-state index in [1.807, 2.05) is 12.1 Å². The van der Waals surface area contributed by atoms with E-state index in [2.05, 4.69) is 0 Å². The first-order chi connectivity index (χ1) is 6.09. The third-order valence-electron chi connectivity index (χ3n) is 1.85. The molecule has 0 spiro atoms. The fraction of sp³-hybridized carbons (Fsp3) is 0.300. The maximum atomic E-state index is 10.6. The van der Waals surface area contributed by atoms with Gasteiger partial charge in [-0.2, -0.15) is 0 Å². The Hall–Kier alpha value is -1.02. The third-order valence-corrected chi connectivity index (χ3v) is 2.09. The molecule has 0 heterocycles. The van der Waals surface area contributed by atoms with Crippen molar-refractivity contribution in [3.05, 3.63) is 34.9 Å². The van der Waals surface area contributed by atoms with Crippen LogP contribution in [0.2, 0.25) is 5.02 Å². The summed E-state index contributed by atoms with van der Waals surface area (Å²) in [7, 11) is 0. The van der Waals surface area contributed by atoms with E-state index in [4.69, 9.17) is 16.7 Å². The average molecular weight is 199 g/mol. The summed E-state index contributed by atoms with van der Waals surface area (Å²) in [5, 5.41) is 9.33. The summed E-state index contributed by atoms with van der Waals surface area (Å²) in [6.45, 7) is 1.68. The second-order valence-corrected chi connectivity index (χ2v) is 3.51. The van der Waals surface area contributed by atoms with Crippen LogP contribution in [0.3, 0.4) is 0 Å². The Labute approximate surface area is 82.2 Å². The highest BCUT2D eigenvalue weighted by Crippen LogP contribution is 2.14. The van der Waals surface area contributed by atoms with E-state index in [0.717, 1.165) is 5.56 Å². The SMILES string of the molecule is C[C@H](Cc1cccc(Cl)c1)C(=O)O. The van der Waals surface area contributed by atoms with E-state index < -0.39 is 5.97 Å². The molecule has 0 aliphatic rings. The number of carbonyl (C=O) groups is 1. The van der Waals surface area contributed by atoms with Crippen LogP contribution >= 0.6 is 11.6 Å². The molecule has 0 unspecified atom stereocenters. The molecule has 0 saturated heterocycles. The number of halogens is 1. The number of hydrogen-bond acceptors (Lipinski definition) is 1. The molecule has 1 aromatic carbocycles. The van der Waals surface area contributed by atoms with Gasteiger partial charge >= 0.3 is 5.97 Å². The summed E-state index contributed by atoms with van der Waals surface area (Å²) in [5.41, 5.74) is 0.961. The Morgan fingerprint density at radius 1 is 1.62 bits per heavy atom. The molecule has 0 bridgehead atoms. The number of carboxylic acid groups (broad SMARTS) is 1. The second kappa shape index (κ2) is 4.28. The summed E-state index contributed by atoms with van der Waals surface area (Å²) in [6.07, 6.45) is 0.524. The van der Waals surface area contributed by atoms with Crippen molar-refractivity contribution in [1.82, 2.24) is 0 Å². The number of benzene rings is 1. The lowest BCUT2D eigenvalue weighted by molar-refractivity contribution is -0.141. The fourth-order valence-corrected chi connectivity index (χ4v) is 1.32.